The lowest BCUT2D eigenvalue weighted by Crippen LogP contribution is -2.19. The van der Waals surface area contributed by atoms with Gasteiger partial charge in [0.15, 0.2) is 0 Å². The molecule has 2 N–H and O–H groups in total. The van der Waals surface area contributed by atoms with Crippen LogP contribution in [0.25, 0.3) is 0 Å². The van der Waals surface area contributed by atoms with E-state index in [0.29, 0.717) is 5.92 Å². The van der Waals surface area contributed by atoms with Crippen molar-refractivity contribution in [2.75, 3.05) is 19.8 Å². The molecule has 0 radical (unpaired) electrons. The maximum absolute atomic E-state index is 6.40. The number of rotatable bonds is 3. The van der Waals surface area contributed by atoms with Crippen molar-refractivity contribution in [3.05, 3.63) is 34.3 Å². The molecule has 1 aliphatic heterocycles. The van der Waals surface area contributed by atoms with Gasteiger partial charge in [-0.3, -0.25) is 0 Å². The zero-order valence-electron chi connectivity index (χ0n) is 9.92. The van der Waals surface area contributed by atoms with E-state index < -0.39 is 0 Å². The quantitative estimate of drug-likeness (QED) is 0.897. The van der Waals surface area contributed by atoms with Crippen LogP contribution in [0.2, 0.25) is 5.02 Å². The summed E-state index contributed by atoms with van der Waals surface area (Å²) in [5.74, 6) is 0.476. The molecule has 1 aliphatic carbocycles. The van der Waals surface area contributed by atoms with Gasteiger partial charge in [0.05, 0.1) is 6.61 Å². The molecule has 1 aromatic rings. The monoisotopic (exact) mass is 251 g/mol. The molecule has 3 rings (SSSR count). The summed E-state index contributed by atoms with van der Waals surface area (Å²) >= 11 is 6.40. The third-order valence-corrected chi connectivity index (χ3v) is 4.55. The Morgan fingerprint density at radius 2 is 2.24 bits per heavy atom. The molecule has 0 amide bonds. The van der Waals surface area contributed by atoms with Crippen LogP contribution in [0.5, 0.6) is 0 Å². The van der Waals surface area contributed by atoms with Crippen molar-refractivity contribution in [3.8, 4) is 0 Å². The van der Waals surface area contributed by atoms with Crippen LogP contribution in [0.4, 0.5) is 0 Å². The fraction of sp³-hybridized carbons (Fsp3) is 0.571. The molecule has 2 aliphatic rings. The lowest BCUT2D eigenvalue weighted by atomic mass is 9.91. The summed E-state index contributed by atoms with van der Waals surface area (Å²) in [6.45, 7) is 2.39. The van der Waals surface area contributed by atoms with Gasteiger partial charge in [0.1, 0.15) is 0 Å². The van der Waals surface area contributed by atoms with Gasteiger partial charge in [-0.05, 0) is 36.5 Å². The van der Waals surface area contributed by atoms with Crippen molar-refractivity contribution < 1.29 is 4.74 Å². The Balaban J connectivity index is 1.88. The van der Waals surface area contributed by atoms with E-state index in [4.69, 9.17) is 22.1 Å². The summed E-state index contributed by atoms with van der Waals surface area (Å²) in [5.41, 5.74) is 8.63. The van der Waals surface area contributed by atoms with E-state index in [0.717, 1.165) is 31.2 Å². The molecule has 1 saturated carbocycles. The smallest absolute Gasteiger partial charge is 0.0536 e. The zero-order chi connectivity index (χ0) is 11.9. The minimum Gasteiger partial charge on any atom is -0.381 e. The zero-order valence-corrected chi connectivity index (χ0v) is 10.7. The first-order chi connectivity index (χ1) is 8.25. The Morgan fingerprint density at radius 3 is 2.76 bits per heavy atom. The van der Waals surface area contributed by atoms with Crippen LogP contribution in [0.15, 0.2) is 18.2 Å². The standard InChI is InChI=1S/C14H18ClNO/c15-13-7-11(14(9-16)4-5-14)1-2-12(13)10-3-6-17-8-10/h1-2,7,10H,3-6,8-9,16H2. The second-order valence-electron chi connectivity index (χ2n) is 5.28. The number of ether oxygens (including phenoxy) is 1. The number of benzene rings is 1. The van der Waals surface area contributed by atoms with Gasteiger partial charge >= 0.3 is 0 Å². The van der Waals surface area contributed by atoms with Crippen LogP contribution >= 0.6 is 11.6 Å². The Kier molecular flexibility index (Phi) is 2.89. The molecule has 1 aromatic carbocycles. The Hall–Kier alpha value is -0.570. The van der Waals surface area contributed by atoms with Gasteiger partial charge in [0.2, 0.25) is 0 Å². The fourth-order valence-electron chi connectivity index (χ4n) is 2.73. The molecule has 92 valence electrons. The molecular formula is C14H18ClNO. The first-order valence-electron chi connectivity index (χ1n) is 6.33. The molecule has 3 heteroatoms. The average Bonchev–Trinajstić information content (AvgIpc) is 2.97. The van der Waals surface area contributed by atoms with Gasteiger partial charge in [0, 0.05) is 29.5 Å². The van der Waals surface area contributed by atoms with Gasteiger partial charge in [-0.25, -0.2) is 0 Å². The number of nitrogens with two attached hydrogens (primary N) is 1. The Bertz CT molecular complexity index is 422. The molecule has 17 heavy (non-hydrogen) atoms. The van der Waals surface area contributed by atoms with Gasteiger partial charge in [-0.15, -0.1) is 0 Å². The normalized spacial score (nSPS) is 26.1. The highest BCUT2D eigenvalue weighted by atomic mass is 35.5. The number of hydrogen-bond donors (Lipinski definition) is 1. The topological polar surface area (TPSA) is 35.2 Å². The van der Waals surface area contributed by atoms with Gasteiger partial charge < -0.3 is 10.5 Å². The number of halogens is 1. The van der Waals surface area contributed by atoms with Crippen molar-refractivity contribution in [1.82, 2.24) is 0 Å². The summed E-state index contributed by atoms with van der Waals surface area (Å²) in [5, 5.41) is 0.887. The Morgan fingerprint density at radius 1 is 1.41 bits per heavy atom. The summed E-state index contributed by atoms with van der Waals surface area (Å²) in [7, 11) is 0. The molecule has 0 bridgehead atoms. The second-order valence-corrected chi connectivity index (χ2v) is 5.69. The van der Waals surface area contributed by atoms with E-state index in [1.54, 1.807) is 0 Å². The van der Waals surface area contributed by atoms with E-state index >= 15 is 0 Å². The van der Waals surface area contributed by atoms with Crippen molar-refractivity contribution >= 4 is 11.6 Å². The van der Waals surface area contributed by atoms with Crippen LogP contribution in [0.1, 0.15) is 36.3 Å². The highest BCUT2D eigenvalue weighted by Crippen LogP contribution is 2.48. The van der Waals surface area contributed by atoms with Crippen molar-refractivity contribution in [3.63, 3.8) is 0 Å². The predicted molar refractivity (Wildman–Crippen MR) is 69.6 cm³/mol. The van der Waals surface area contributed by atoms with Crippen molar-refractivity contribution in [2.24, 2.45) is 5.73 Å². The van der Waals surface area contributed by atoms with Gasteiger partial charge in [-0.2, -0.15) is 0 Å². The maximum Gasteiger partial charge on any atom is 0.0536 e. The average molecular weight is 252 g/mol. The minimum absolute atomic E-state index is 0.231. The first-order valence-corrected chi connectivity index (χ1v) is 6.71. The SMILES string of the molecule is NCC1(c2ccc(C3CCOC3)c(Cl)c2)CC1. The Labute approximate surface area is 107 Å². The summed E-state index contributed by atoms with van der Waals surface area (Å²) in [6, 6.07) is 6.50. The molecule has 1 atom stereocenters. The van der Waals surface area contributed by atoms with Gasteiger partial charge in [-0.1, -0.05) is 23.7 Å². The lowest BCUT2D eigenvalue weighted by Gasteiger charge is -2.16. The van der Waals surface area contributed by atoms with Crippen LogP contribution < -0.4 is 5.73 Å². The maximum atomic E-state index is 6.40. The summed E-state index contributed by atoms with van der Waals surface area (Å²) in [6.07, 6.45) is 3.48. The molecule has 1 heterocycles. The first kappa shape index (κ1) is 11.5. The van der Waals surface area contributed by atoms with E-state index in [-0.39, 0.29) is 5.41 Å². The molecule has 1 saturated heterocycles. The largest absolute Gasteiger partial charge is 0.381 e. The molecule has 2 nitrogen and oxygen atoms in total. The summed E-state index contributed by atoms with van der Waals surface area (Å²) < 4.78 is 5.42. The number of hydrogen-bond acceptors (Lipinski definition) is 2. The fourth-order valence-corrected chi connectivity index (χ4v) is 3.06. The third-order valence-electron chi connectivity index (χ3n) is 4.23. The lowest BCUT2D eigenvalue weighted by molar-refractivity contribution is 0.194. The van der Waals surface area contributed by atoms with Crippen molar-refractivity contribution in [2.45, 2.75) is 30.6 Å². The highest BCUT2D eigenvalue weighted by Gasteiger charge is 2.43. The van der Waals surface area contributed by atoms with Crippen LogP contribution in [0, 0.1) is 0 Å². The predicted octanol–water partition coefficient (Wildman–Crippen LogP) is 2.83. The molecule has 0 spiro atoms. The summed E-state index contributed by atoms with van der Waals surface area (Å²) in [4.78, 5) is 0. The molecule has 2 fully saturated rings. The minimum atomic E-state index is 0.231. The third kappa shape index (κ3) is 1.99. The van der Waals surface area contributed by atoms with Crippen LogP contribution in [0.3, 0.4) is 0 Å². The van der Waals surface area contributed by atoms with E-state index in [1.165, 1.54) is 24.0 Å². The van der Waals surface area contributed by atoms with E-state index in [9.17, 15) is 0 Å². The molecule has 0 aromatic heterocycles. The van der Waals surface area contributed by atoms with Crippen molar-refractivity contribution in [1.29, 1.82) is 0 Å². The van der Waals surface area contributed by atoms with Gasteiger partial charge in [0.25, 0.3) is 0 Å². The highest BCUT2D eigenvalue weighted by molar-refractivity contribution is 6.31. The van der Waals surface area contributed by atoms with Crippen LogP contribution in [-0.4, -0.2) is 19.8 Å². The van der Waals surface area contributed by atoms with Crippen LogP contribution in [-0.2, 0) is 10.2 Å². The second kappa shape index (κ2) is 4.27. The molecule has 1 unspecified atom stereocenters. The molecular weight excluding hydrogens is 234 g/mol. The van der Waals surface area contributed by atoms with E-state index in [2.05, 4.69) is 18.2 Å². The van der Waals surface area contributed by atoms with E-state index in [1.807, 2.05) is 0 Å².